The van der Waals surface area contributed by atoms with Crippen LogP contribution in [0.2, 0.25) is 0 Å². The molecule has 0 N–H and O–H groups in total. The fourth-order valence-corrected chi connectivity index (χ4v) is 5.06. The molecule has 1 aromatic carbocycles. The Morgan fingerprint density at radius 2 is 1.52 bits per heavy atom. The van der Waals surface area contributed by atoms with E-state index < -0.39 is 0 Å². The topological polar surface area (TPSA) is 9.23 Å². The highest BCUT2D eigenvalue weighted by Gasteiger charge is 2.21. The van der Waals surface area contributed by atoms with Gasteiger partial charge in [0.15, 0.2) is 0 Å². The maximum atomic E-state index is 5.53. The van der Waals surface area contributed by atoms with Crippen molar-refractivity contribution in [2.24, 2.45) is 17.8 Å². The second-order valence-electron chi connectivity index (χ2n) is 8.95. The van der Waals surface area contributed by atoms with Crippen molar-refractivity contribution in [1.29, 1.82) is 0 Å². The highest BCUT2D eigenvalue weighted by molar-refractivity contribution is 5.28. The fourth-order valence-electron chi connectivity index (χ4n) is 5.06. The molecule has 1 aromatic rings. The van der Waals surface area contributed by atoms with E-state index in [9.17, 15) is 0 Å². The lowest BCUT2D eigenvalue weighted by Gasteiger charge is -2.29. The molecule has 3 rings (SSSR count). The molecule has 27 heavy (non-hydrogen) atoms. The van der Waals surface area contributed by atoms with Gasteiger partial charge in [0.2, 0.25) is 0 Å². The Bertz CT molecular complexity index is 562. The van der Waals surface area contributed by atoms with Crippen molar-refractivity contribution in [3.63, 3.8) is 0 Å². The Morgan fingerprint density at radius 3 is 2.15 bits per heavy atom. The van der Waals surface area contributed by atoms with Gasteiger partial charge in [0, 0.05) is 0 Å². The summed E-state index contributed by atoms with van der Waals surface area (Å²) in [6.07, 6.45) is 19.5. The maximum absolute atomic E-state index is 5.53. The zero-order valence-electron chi connectivity index (χ0n) is 17.7. The van der Waals surface area contributed by atoms with Crippen LogP contribution in [0.5, 0.6) is 5.75 Å². The molecule has 1 unspecified atom stereocenters. The first kappa shape index (κ1) is 20.5. The van der Waals surface area contributed by atoms with Gasteiger partial charge in [0.25, 0.3) is 0 Å². The average Bonchev–Trinajstić information content (AvgIpc) is 2.73. The van der Waals surface area contributed by atoms with Crippen LogP contribution in [0.1, 0.15) is 90.0 Å². The van der Waals surface area contributed by atoms with Crippen LogP contribution in [0.15, 0.2) is 35.9 Å². The zero-order chi connectivity index (χ0) is 18.9. The van der Waals surface area contributed by atoms with E-state index in [1.165, 1.54) is 82.6 Å². The lowest BCUT2D eigenvalue weighted by molar-refractivity contribution is 0.241. The van der Waals surface area contributed by atoms with Gasteiger partial charge in [-0.3, -0.25) is 0 Å². The minimum atomic E-state index is 0.743. The van der Waals surface area contributed by atoms with Crippen LogP contribution in [0, 0.1) is 17.8 Å². The number of hydrogen-bond acceptors (Lipinski definition) is 1. The van der Waals surface area contributed by atoms with E-state index in [-0.39, 0.29) is 0 Å². The van der Waals surface area contributed by atoms with Crippen LogP contribution in [0.4, 0.5) is 0 Å². The molecule has 2 aliphatic rings. The molecule has 0 bridgehead atoms. The van der Waals surface area contributed by atoms with E-state index >= 15 is 0 Å². The van der Waals surface area contributed by atoms with E-state index in [2.05, 4.69) is 37.3 Å². The third-order valence-corrected chi connectivity index (χ3v) is 7.11. The first-order valence-corrected chi connectivity index (χ1v) is 11.7. The molecule has 1 atom stereocenters. The van der Waals surface area contributed by atoms with Crippen molar-refractivity contribution in [1.82, 2.24) is 0 Å². The Balaban J connectivity index is 1.33. The molecule has 0 aliphatic heterocycles. The number of hydrogen-bond donors (Lipinski definition) is 0. The minimum Gasteiger partial charge on any atom is -0.494 e. The Kier molecular flexibility index (Phi) is 8.30. The predicted octanol–water partition coefficient (Wildman–Crippen LogP) is 7.74. The van der Waals surface area contributed by atoms with Gasteiger partial charge in [-0.15, -0.1) is 0 Å². The van der Waals surface area contributed by atoms with Crippen LogP contribution in [0.3, 0.4) is 0 Å². The van der Waals surface area contributed by atoms with Crippen molar-refractivity contribution in [3.05, 3.63) is 41.5 Å². The predicted molar refractivity (Wildman–Crippen MR) is 116 cm³/mol. The van der Waals surface area contributed by atoms with Crippen LogP contribution >= 0.6 is 0 Å². The highest BCUT2D eigenvalue weighted by Crippen LogP contribution is 2.36. The highest BCUT2D eigenvalue weighted by atomic mass is 16.5. The standard InChI is InChI=1S/C26H40O/c1-3-21-5-7-22(8-6-21)9-10-23-11-13-24(14-12-23)15-16-25-17-19-26(20-18-25)27-4-2/h13,17-23H,3-12,14-16H2,1-2H3/t21-,22-,23?. The summed E-state index contributed by atoms with van der Waals surface area (Å²) >= 11 is 0. The molecule has 0 spiro atoms. The summed E-state index contributed by atoms with van der Waals surface area (Å²) in [4.78, 5) is 0. The van der Waals surface area contributed by atoms with Crippen LogP contribution in [-0.4, -0.2) is 6.61 Å². The van der Waals surface area contributed by atoms with E-state index in [1.54, 1.807) is 5.57 Å². The van der Waals surface area contributed by atoms with Crippen LogP contribution < -0.4 is 4.74 Å². The molecule has 1 fully saturated rings. The third-order valence-electron chi connectivity index (χ3n) is 7.11. The summed E-state index contributed by atoms with van der Waals surface area (Å²) in [5, 5.41) is 0. The Labute approximate surface area is 167 Å². The van der Waals surface area contributed by atoms with E-state index in [4.69, 9.17) is 4.74 Å². The van der Waals surface area contributed by atoms with E-state index in [0.29, 0.717) is 0 Å². The molecule has 0 aromatic heterocycles. The van der Waals surface area contributed by atoms with E-state index in [0.717, 1.165) is 30.1 Å². The molecule has 150 valence electrons. The van der Waals surface area contributed by atoms with Gasteiger partial charge in [0.05, 0.1) is 6.61 Å². The molecular formula is C26H40O. The van der Waals surface area contributed by atoms with Gasteiger partial charge in [-0.05, 0) is 80.9 Å². The molecule has 0 amide bonds. The smallest absolute Gasteiger partial charge is 0.119 e. The van der Waals surface area contributed by atoms with Gasteiger partial charge in [-0.2, -0.15) is 0 Å². The lowest BCUT2D eigenvalue weighted by atomic mass is 9.76. The summed E-state index contributed by atoms with van der Waals surface area (Å²) in [5.41, 5.74) is 3.13. The van der Waals surface area contributed by atoms with Crippen molar-refractivity contribution >= 4 is 0 Å². The number of rotatable bonds is 9. The largest absolute Gasteiger partial charge is 0.494 e. The summed E-state index contributed by atoms with van der Waals surface area (Å²) < 4.78 is 5.53. The van der Waals surface area contributed by atoms with Crippen molar-refractivity contribution in [3.8, 4) is 5.75 Å². The van der Waals surface area contributed by atoms with E-state index in [1.807, 2.05) is 6.92 Å². The molecule has 2 aliphatic carbocycles. The third kappa shape index (κ3) is 6.70. The van der Waals surface area contributed by atoms with Crippen molar-refractivity contribution in [2.75, 3.05) is 6.61 Å². The summed E-state index contributed by atoms with van der Waals surface area (Å²) in [6, 6.07) is 8.67. The molecule has 1 nitrogen and oxygen atoms in total. The zero-order valence-corrected chi connectivity index (χ0v) is 17.7. The van der Waals surface area contributed by atoms with Gasteiger partial charge in [-0.1, -0.05) is 69.2 Å². The number of ether oxygens (including phenoxy) is 1. The fraction of sp³-hybridized carbons (Fsp3) is 0.692. The molecular weight excluding hydrogens is 328 g/mol. The minimum absolute atomic E-state index is 0.743. The molecule has 0 radical (unpaired) electrons. The average molecular weight is 369 g/mol. The van der Waals surface area contributed by atoms with Gasteiger partial charge >= 0.3 is 0 Å². The number of benzene rings is 1. The number of aryl methyl sites for hydroxylation is 1. The Morgan fingerprint density at radius 1 is 0.815 bits per heavy atom. The molecule has 0 heterocycles. The second kappa shape index (κ2) is 10.9. The maximum Gasteiger partial charge on any atom is 0.119 e. The van der Waals surface area contributed by atoms with Gasteiger partial charge < -0.3 is 4.74 Å². The quantitative estimate of drug-likeness (QED) is 0.405. The second-order valence-corrected chi connectivity index (χ2v) is 8.95. The molecule has 1 heteroatoms. The summed E-state index contributed by atoms with van der Waals surface area (Å²) in [5.74, 6) is 4.03. The van der Waals surface area contributed by atoms with Crippen molar-refractivity contribution in [2.45, 2.75) is 90.9 Å². The van der Waals surface area contributed by atoms with Gasteiger partial charge in [-0.25, -0.2) is 0 Å². The summed E-state index contributed by atoms with van der Waals surface area (Å²) in [6.45, 7) is 5.15. The summed E-state index contributed by atoms with van der Waals surface area (Å²) in [7, 11) is 0. The Hall–Kier alpha value is -1.24. The van der Waals surface area contributed by atoms with Crippen molar-refractivity contribution < 1.29 is 4.74 Å². The lowest BCUT2D eigenvalue weighted by Crippen LogP contribution is -2.15. The van der Waals surface area contributed by atoms with Gasteiger partial charge in [0.1, 0.15) is 5.75 Å². The normalized spacial score (nSPS) is 25.9. The van der Waals surface area contributed by atoms with Crippen LogP contribution in [-0.2, 0) is 6.42 Å². The first-order chi connectivity index (χ1) is 13.3. The molecule has 0 saturated heterocycles. The van der Waals surface area contributed by atoms with Crippen LogP contribution in [0.25, 0.3) is 0 Å². The first-order valence-electron chi connectivity index (χ1n) is 11.7. The SMILES string of the molecule is CCOc1ccc(CCC2=CCC(CC[C@H]3CC[C@H](CC)CC3)CC2)cc1. The molecule has 1 saturated carbocycles. The number of allylic oxidation sites excluding steroid dienone is 2. The monoisotopic (exact) mass is 368 g/mol.